The lowest BCUT2D eigenvalue weighted by atomic mass is 9.97. The van der Waals surface area contributed by atoms with Crippen molar-refractivity contribution in [2.45, 2.75) is 40.2 Å². The zero-order valence-electron chi connectivity index (χ0n) is 21.2. The standard InChI is InChI=1S/C29H33N5O2/c1-4-36-25-9-5-7-22(16-25)18-31-29(35)24-8-6-13-33(19-24)28-27-17-26(32-34(27)14-12-30-28)23-11-10-20(2)21(3)15-23/h5,7,9-12,14-17,24H,4,6,8,13,18-19H2,1-3H3,(H,31,35). The maximum absolute atomic E-state index is 13.1. The lowest BCUT2D eigenvalue weighted by Gasteiger charge is -2.33. The molecule has 4 aromatic rings. The summed E-state index contributed by atoms with van der Waals surface area (Å²) in [5, 5.41) is 7.93. The van der Waals surface area contributed by atoms with Crippen LogP contribution in [0.3, 0.4) is 0 Å². The SMILES string of the molecule is CCOc1cccc(CNC(=O)C2CCCN(c3nccn4nc(-c5ccc(C)c(C)c5)cc34)C2)c1. The highest BCUT2D eigenvalue weighted by Crippen LogP contribution is 2.29. The number of aromatic nitrogens is 3. The van der Waals surface area contributed by atoms with E-state index in [2.05, 4.69) is 48.3 Å². The molecule has 0 spiro atoms. The van der Waals surface area contributed by atoms with Gasteiger partial charge in [0.15, 0.2) is 5.82 Å². The van der Waals surface area contributed by atoms with Gasteiger partial charge in [-0.15, -0.1) is 0 Å². The smallest absolute Gasteiger partial charge is 0.225 e. The Balaban J connectivity index is 1.30. The molecule has 1 saturated heterocycles. The molecule has 1 unspecified atom stereocenters. The molecule has 0 bridgehead atoms. The minimum absolute atomic E-state index is 0.0813. The van der Waals surface area contributed by atoms with Gasteiger partial charge >= 0.3 is 0 Å². The van der Waals surface area contributed by atoms with Crippen molar-refractivity contribution in [2.75, 3.05) is 24.6 Å². The summed E-state index contributed by atoms with van der Waals surface area (Å²) in [5.74, 6) is 1.70. The topological polar surface area (TPSA) is 71.8 Å². The fourth-order valence-corrected chi connectivity index (χ4v) is 4.82. The van der Waals surface area contributed by atoms with Crippen LogP contribution in [0.4, 0.5) is 5.82 Å². The molecule has 1 aliphatic heterocycles. The van der Waals surface area contributed by atoms with E-state index in [1.807, 2.05) is 41.9 Å². The Morgan fingerprint density at radius 2 is 2.03 bits per heavy atom. The molecule has 0 saturated carbocycles. The van der Waals surface area contributed by atoms with Gasteiger partial charge in [-0.25, -0.2) is 9.50 Å². The third kappa shape index (κ3) is 5.05. The van der Waals surface area contributed by atoms with Crippen LogP contribution in [0.25, 0.3) is 16.8 Å². The van der Waals surface area contributed by atoms with Crippen LogP contribution in [0.15, 0.2) is 60.9 Å². The highest BCUT2D eigenvalue weighted by Gasteiger charge is 2.27. The first-order valence-corrected chi connectivity index (χ1v) is 12.7. The maximum Gasteiger partial charge on any atom is 0.225 e. The molecule has 0 radical (unpaired) electrons. The Hall–Kier alpha value is -3.87. The second-order valence-electron chi connectivity index (χ2n) is 9.49. The van der Waals surface area contributed by atoms with E-state index >= 15 is 0 Å². The number of ether oxygens (including phenoxy) is 1. The van der Waals surface area contributed by atoms with Gasteiger partial charge in [0.05, 0.1) is 18.2 Å². The van der Waals surface area contributed by atoms with E-state index in [9.17, 15) is 4.79 Å². The van der Waals surface area contributed by atoms with Crippen LogP contribution in [0, 0.1) is 19.8 Å². The maximum atomic E-state index is 13.1. The summed E-state index contributed by atoms with van der Waals surface area (Å²) in [6, 6.07) is 16.4. The molecule has 1 amide bonds. The molecule has 7 nitrogen and oxygen atoms in total. The number of hydrogen-bond acceptors (Lipinski definition) is 5. The van der Waals surface area contributed by atoms with Gasteiger partial charge in [-0.3, -0.25) is 4.79 Å². The number of rotatable bonds is 7. The van der Waals surface area contributed by atoms with Crippen LogP contribution in [0.1, 0.15) is 36.5 Å². The average molecular weight is 484 g/mol. The number of piperidine rings is 1. The van der Waals surface area contributed by atoms with Crippen molar-refractivity contribution in [1.82, 2.24) is 19.9 Å². The molecule has 5 rings (SSSR count). The Kier molecular flexibility index (Phi) is 6.89. The zero-order valence-corrected chi connectivity index (χ0v) is 21.2. The van der Waals surface area contributed by atoms with Gasteiger partial charge < -0.3 is 15.0 Å². The van der Waals surface area contributed by atoms with Crippen LogP contribution in [0.2, 0.25) is 0 Å². The number of nitrogens with one attached hydrogen (secondary N) is 1. The molecule has 0 aliphatic carbocycles. The normalized spacial score (nSPS) is 15.8. The summed E-state index contributed by atoms with van der Waals surface area (Å²) in [5.41, 5.74) is 6.53. The number of fused-ring (bicyclic) bond motifs is 1. The summed E-state index contributed by atoms with van der Waals surface area (Å²) in [6.45, 7) is 8.83. The second-order valence-corrected chi connectivity index (χ2v) is 9.49. The van der Waals surface area contributed by atoms with Crippen molar-refractivity contribution < 1.29 is 9.53 Å². The van der Waals surface area contributed by atoms with E-state index in [0.717, 1.165) is 53.3 Å². The first kappa shape index (κ1) is 23.9. The molecular weight excluding hydrogens is 450 g/mol. The summed E-state index contributed by atoms with van der Waals surface area (Å²) in [4.78, 5) is 20.0. The van der Waals surface area contributed by atoms with Crippen molar-refractivity contribution >= 4 is 17.2 Å². The molecule has 3 heterocycles. The molecule has 1 aliphatic rings. The van der Waals surface area contributed by atoms with Crippen LogP contribution in [-0.2, 0) is 11.3 Å². The number of carbonyl (C=O) groups excluding carboxylic acids is 1. The Bertz CT molecular complexity index is 1380. The van der Waals surface area contributed by atoms with Crippen molar-refractivity contribution in [2.24, 2.45) is 5.92 Å². The zero-order chi connectivity index (χ0) is 25.1. The number of aryl methyl sites for hydroxylation is 2. The van der Waals surface area contributed by atoms with E-state index in [4.69, 9.17) is 14.8 Å². The van der Waals surface area contributed by atoms with E-state index in [0.29, 0.717) is 19.7 Å². The number of amides is 1. The number of benzene rings is 2. The van der Waals surface area contributed by atoms with Crippen LogP contribution in [-0.4, -0.2) is 40.2 Å². The van der Waals surface area contributed by atoms with Gasteiger partial charge in [0.25, 0.3) is 0 Å². The summed E-state index contributed by atoms with van der Waals surface area (Å²) in [6.07, 6.45) is 5.48. The number of hydrogen-bond donors (Lipinski definition) is 1. The fraction of sp³-hybridized carbons (Fsp3) is 0.345. The van der Waals surface area contributed by atoms with E-state index in [1.54, 1.807) is 6.20 Å². The van der Waals surface area contributed by atoms with Gasteiger partial charge in [0, 0.05) is 37.6 Å². The van der Waals surface area contributed by atoms with Gasteiger partial charge in [-0.1, -0.05) is 24.3 Å². The summed E-state index contributed by atoms with van der Waals surface area (Å²) in [7, 11) is 0. The second kappa shape index (κ2) is 10.4. The lowest BCUT2D eigenvalue weighted by molar-refractivity contribution is -0.125. The molecule has 1 fully saturated rings. The molecular formula is C29H33N5O2. The predicted octanol–water partition coefficient (Wildman–Crippen LogP) is 4.94. The lowest BCUT2D eigenvalue weighted by Crippen LogP contribution is -2.43. The largest absolute Gasteiger partial charge is 0.494 e. The van der Waals surface area contributed by atoms with Crippen molar-refractivity contribution in [1.29, 1.82) is 0 Å². The number of carbonyl (C=O) groups is 1. The molecule has 7 heteroatoms. The van der Waals surface area contributed by atoms with Gasteiger partial charge in [0.1, 0.15) is 11.3 Å². The summed E-state index contributed by atoms with van der Waals surface area (Å²) >= 11 is 0. The highest BCUT2D eigenvalue weighted by molar-refractivity contribution is 5.81. The van der Waals surface area contributed by atoms with Crippen LogP contribution < -0.4 is 15.0 Å². The predicted molar refractivity (Wildman–Crippen MR) is 142 cm³/mol. The van der Waals surface area contributed by atoms with E-state index in [-0.39, 0.29) is 11.8 Å². The monoisotopic (exact) mass is 483 g/mol. The Morgan fingerprint density at radius 1 is 1.14 bits per heavy atom. The van der Waals surface area contributed by atoms with E-state index < -0.39 is 0 Å². The Morgan fingerprint density at radius 3 is 2.86 bits per heavy atom. The van der Waals surface area contributed by atoms with Crippen molar-refractivity contribution in [3.63, 3.8) is 0 Å². The molecule has 1 N–H and O–H groups in total. The number of anilines is 1. The fourth-order valence-electron chi connectivity index (χ4n) is 4.82. The molecule has 2 aromatic carbocycles. The van der Waals surface area contributed by atoms with Gasteiger partial charge in [-0.05, 0) is 74.6 Å². The van der Waals surface area contributed by atoms with Crippen molar-refractivity contribution in [3.8, 4) is 17.0 Å². The number of nitrogens with zero attached hydrogens (tertiary/aromatic N) is 4. The molecule has 36 heavy (non-hydrogen) atoms. The first-order valence-electron chi connectivity index (χ1n) is 12.7. The molecule has 2 aromatic heterocycles. The van der Waals surface area contributed by atoms with E-state index in [1.165, 1.54) is 11.1 Å². The highest BCUT2D eigenvalue weighted by atomic mass is 16.5. The minimum Gasteiger partial charge on any atom is -0.494 e. The molecule has 1 atom stereocenters. The summed E-state index contributed by atoms with van der Waals surface area (Å²) < 4.78 is 7.47. The quantitative estimate of drug-likeness (QED) is 0.403. The molecule has 186 valence electrons. The average Bonchev–Trinajstić information content (AvgIpc) is 3.34. The third-order valence-electron chi connectivity index (χ3n) is 6.94. The van der Waals surface area contributed by atoms with Gasteiger partial charge in [-0.2, -0.15) is 5.10 Å². The van der Waals surface area contributed by atoms with Crippen molar-refractivity contribution in [3.05, 3.63) is 77.6 Å². The first-order chi connectivity index (χ1) is 17.5. The third-order valence-corrected chi connectivity index (χ3v) is 6.94. The minimum atomic E-state index is -0.0852. The van der Waals surface area contributed by atoms with Crippen LogP contribution >= 0.6 is 0 Å². The van der Waals surface area contributed by atoms with Crippen LogP contribution in [0.5, 0.6) is 5.75 Å². The van der Waals surface area contributed by atoms with Gasteiger partial charge in [0.2, 0.25) is 5.91 Å². The Labute approximate surface area is 212 Å².